The molecule has 0 unspecified atom stereocenters. The minimum atomic E-state index is -0.438. The monoisotopic (exact) mass is 304 g/mol. The molecule has 2 rings (SSSR count). The summed E-state index contributed by atoms with van der Waals surface area (Å²) in [5.74, 6) is -0.653. The van der Waals surface area contributed by atoms with Gasteiger partial charge in [-0.25, -0.2) is 4.39 Å². The van der Waals surface area contributed by atoms with E-state index in [1.165, 1.54) is 36.2 Å². The number of ketones is 1. The van der Waals surface area contributed by atoms with E-state index in [0.29, 0.717) is 17.8 Å². The maximum absolute atomic E-state index is 13.4. The number of aromatic amines is 1. The van der Waals surface area contributed by atoms with Crippen molar-refractivity contribution in [1.82, 2.24) is 9.88 Å². The molecule has 1 aromatic carbocycles. The average Bonchev–Trinajstić information content (AvgIpc) is 2.98. The predicted molar refractivity (Wildman–Crippen MR) is 79.7 cm³/mol. The van der Waals surface area contributed by atoms with Crippen LogP contribution in [-0.2, 0) is 0 Å². The Morgan fingerprint density at radius 3 is 2.68 bits per heavy atom. The van der Waals surface area contributed by atoms with Crippen molar-refractivity contribution < 1.29 is 18.7 Å². The Morgan fingerprint density at radius 1 is 1.32 bits per heavy atom. The van der Waals surface area contributed by atoms with E-state index < -0.39 is 5.82 Å². The number of halogens is 1. The van der Waals surface area contributed by atoms with Crippen molar-refractivity contribution in [2.24, 2.45) is 0 Å². The average molecular weight is 304 g/mol. The number of H-pyrrole nitrogens is 1. The van der Waals surface area contributed by atoms with Crippen LogP contribution in [0.2, 0.25) is 0 Å². The molecule has 5 nitrogen and oxygen atoms in total. The molecule has 2 aromatic rings. The Labute approximate surface area is 127 Å². The van der Waals surface area contributed by atoms with E-state index in [-0.39, 0.29) is 24.0 Å². The van der Waals surface area contributed by atoms with Gasteiger partial charge in [-0.2, -0.15) is 0 Å². The van der Waals surface area contributed by atoms with Crippen molar-refractivity contribution in [2.75, 3.05) is 20.2 Å². The molecular weight excluding hydrogens is 287 g/mol. The minimum absolute atomic E-state index is 0.110. The number of carbonyl (C=O) groups is 2. The first-order valence-corrected chi connectivity index (χ1v) is 6.81. The molecule has 6 heteroatoms. The van der Waals surface area contributed by atoms with Crippen LogP contribution in [0.25, 0.3) is 0 Å². The lowest BCUT2D eigenvalue weighted by Crippen LogP contribution is -2.31. The number of hydrogen-bond acceptors (Lipinski definition) is 3. The molecule has 0 spiro atoms. The van der Waals surface area contributed by atoms with Gasteiger partial charge >= 0.3 is 0 Å². The lowest BCUT2D eigenvalue weighted by Gasteiger charge is -2.16. The Balaban J connectivity index is 1.88. The normalized spacial score (nSPS) is 10.3. The first-order chi connectivity index (χ1) is 10.5. The van der Waals surface area contributed by atoms with Crippen LogP contribution in [0.3, 0.4) is 0 Å². The fraction of sp³-hybridized carbons (Fsp3) is 0.250. The highest BCUT2D eigenvalue weighted by Gasteiger charge is 2.15. The summed E-state index contributed by atoms with van der Waals surface area (Å²) >= 11 is 0. The topological polar surface area (TPSA) is 62.4 Å². The van der Waals surface area contributed by atoms with Gasteiger partial charge in [0.05, 0.1) is 6.54 Å². The van der Waals surface area contributed by atoms with Crippen molar-refractivity contribution in [1.29, 1.82) is 0 Å². The standard InChI is InChI=1S/C16H17FN2O3/c1-11(20)12-9-14(18-10-12)16(21)19(2)7-8-22-15-6-4-3-5-13(15)17/h3-6,9-10,18H,7-8H2,1-2H3. The summed E-state index contributed by atoms with van der Waals surface area (Å²) in [6, 6.07) is 7.61. The number of hydrogen-bond donors (Lipinski definition) is 1. The molecule has 116 valence electrons. The Morgan fingerprint density at radius 2 is 2.05 bits per heavy atom. The zero-order chi connectivity index (χ0) is 16.1. The minimum Gasteiger partial charge on any atom is -0.489 e. The van der Waals surface area contributed by atoms with Crippen molar-refractivity contribution in [2.45, 2.75) is 6.92 Å². The third kappa shape index (κ3) is 3.72. The number of aromatic nitrogens is 1. The SMILES string of the molecule is CC(=O)c1c[nH]c(C(=O)N(C)CCOc2ccccc2F)c1. The number of benzene rings is 1. The van der Waals surface area contributed by atoms with Gasteiger partial charge in [0.25, 0.3) is 5.91 Å². The van der Waals surface area contributed by atoms with E-state index in [1.807, 2.05) is 0 Å². The van der Waals surface area contributed by atoms with Crippen LogP contribution in [-0.4, -0.2) is 41.8 Å². The third-order valence-electron chi connectivity index (χ3n) is 3.19. The molecule has 0 radical (unpaired) electrons. The lowest BCUT2D eigenvalue weighted by atomic mass is 10.2. The van der Waals surface area contributed by atoms with Gasteiger partial charge in [0, 0.05) is 18.8 Å². The second-order valence-electron chi connectivity index (χ2n) is 4.86. The van der Waals surface area contributed by atoms with E-state index in [1.54, 1.807) is 19.2 Å². The fourth-order valence-electron chi connectivity index (χ4n) is 1.88. The van der Waals surface area contributed by atoms with Gasteiger partial charge in [-0.05, 0) is 25.1 Å². The number of amides is 1. The van der Waals surface area contributed by atoms with Crippen LogP contribution >= 0.6 is 0 Å². The fourth-order valence-corrected chi connectivity index (χ4v) is 1.88. The van der Waals surface area contributed by atoms with Crippen LogP contribution in [0.1, 0.15) is 27.8 Å². The zero-order valence-corrected chi connectivity index (χ0v) is 12.4. The number of carbonyl (C=O) groups excluding carboxylic acids is 2. The van der Waals surface area contributed by atoms with Crippen LogP contribution in [0.15, 0.2) is 36.5 Å². The summed E-state index contributed by atoms with van der Waals surface area (Å²) in [5, 5.41) is 0. The quantitative estimate of drug-likeness (QED) is 0.834. The summed E-state index contributed by atoms with van der Waals surface area (Å²) in [4.78, 5) is 27.6. The maximum Gasteiger partial charge on any atom is 0.270 e. The van der Waals surface area contributed by atoms with Crippen LogP contribution in [0, 0.1) is 5.82 Å². The first-order valence-electron chi connectivity index (χ1n) is 6.81. The second-order valence-corrected chi connectivity index (χ2v) is 4.86. The molecule has 0 aliphatic carbocycles. The van der Waals surface area contributed by atoms with E-state index >= 15 is 0 Å². The molecule has 0 aliphatic rings. The van der Waals surface area contributed by atoms with Crippen molar-refractivity contribution in [3.05, 3.63) is 53.6 Å². The van der Waals surface area contributed by atoms with Gasteiger partial charge in [-0.3, -0.25) is 9.59 Å². The molecule has 1 heterocycles. The number of rotatable bonds is 6. The molecule has 0 saturated heterocycles. The molecule has 0 bridgehead atoms. The summed E-state index contributed by atoms with van der Waals surface area (Å²) in [6.45, 7) is 1.90. The van der Waals surface area contributed by atoms with E-state index in [9.17, 15) is 14.0 Å². The smallest absolute Gasteiger partial charge is 0.270 e. The Kier molecular flexibility index (Phi) is 4.93. The highest BCUT2D eigenvalue weighted by atomic mass is 19.1. The van der Waals surface area contributed by atoms with Crippen molar-refractivity contribution in [3.63, 3.8) is 0 Å². The number of nitrogens with one attached hydrogen (secondary N) is 1. The highest BCUT2D eigenvalue weighted by molar-refractivity contribution is 5.98. The Hall–Kier alpha value is -2.63. The van der Waals surface area contributed by atoms with E-state index in [0.717, 1.165) is 0 Å². The van der Waals surface area contributed by atoms with Crippen LogP contribution in [0.4, 0.5) is 4.39 Å². The van der Waals surface area contributed by atoms with Gasteiger partial charge in [0.15, 0.2) is 17.3 Å². The maximum atomic E-state index is 13.4. The molecule has 0 atom stereocenters. The Bertz CT molecular complexity index is 682. The summed E-state index contributed by atoms with van der Waals surface area (Å²) in [7, 11) is 1.61. The summed E-state index contributed by atoms with van der Waals surface area (Å²) in [6.07, 6.45) is 1.50. The number of likely N-dealkylation sites (N-methyl/N-ethyl adjacent to an activating group) is 1. The van der Waals surface area contributed by atoms with E-state index in [2.05, 4.69) is 4.98 Å². The molecule has 0 fully saturated rings. The molecule has 0 aliphatic heterocycles. The molecular formula is C16H17FN2O3. The van der Waals surface area contributed by atoms with Crippen LogP contribution in [0.5, 0.6) is 5.75 Å². The van der Waals surface area contributed by atoms with Gasteiger partial charge < -0.3 is 14.6 Å². The largest absolute Gasteiger partial charge is 0.489 e. The van der Waals surface area contributed by atoms with Gasteiger partial charge in [-0.1, -0.05) is 12.1 Å². The number of para-hydroxylation sites is 1. The first kappa shape index (κ1) is 15.8. The lowest BCUT2D eigenvalue weighted by molar-refractivity contribution is 0.0768. The molecule has 1 amide bonds. The molecule has 22 heavy (non-hydrogen) atoms. The molecule has 0 saturated carbocycles. The van der Waals surface area contributed by atoms with Gasteiger partial charge in [-0.15, -0.1) is 0 Å². The molecule has 1 N–H and O–H groups in total. The summed E-state index contributed by atoms with van der Waals surface area (Å²) in [5.41, 5.74) is 0.790. The summed E-state index contributed by atoms with van der Waals surface area (Å²) < 4.78 is 18.7. The number of Topliss-reactive ketones (excluding diaryl/α,β-unsaturated/α-hetero) is 1. The van der Waals surface area contributed by atoms with Crippen molar-refractivity contribution in [3.8, 4) is 5.75 Å². The second kappa shape index (κ2) is 6.89. The van der Waals surface area contributed by atoms with Gasteiger partial charge in [0.2, 0.25) is 0 Å². The van der Waals surface area contributed by atoms with Crippen LogP contribution < -0.4 is 4.74 Å². The molecule has 1 aromatic heterocycles. The predicted octanol–water partition coefficient (Wildman–Crippen LogP) is 2.51. The zero-order valence-electron chi connectivity index (χ0n) is 12.4. The number of ether oxygens (including phenoxy) is 1. The van der Waals surface area contributed by atoms with Crippen molar-refractivity contribution >= 4 is 11.7 Å². The highest BCUT2D eigenvalue weighted by Crippen LogP contribution is 2.15. The number of nitrogens with zero attached hydrogens (tertiary/aromatic N) is 1. The third-order valence-corrected chi connectivity index (χ3v) is 3.19. The van der Waals surface area contributed by atoms with E-state index in [4.69, 9.17) is 4.74 Å². The van der Waals surface area contributed by atoms with Gasteiger partial charge in [0.1, 0.15) is 12.3 Å².